The first-order chi connectivity index (χ1) is 10.8. The highest BCUT2D eigenvalue weighted by Gasteiger charge is 2.01. The standard InChI is InChI=1S/C16H19O5P/c17-22(20-13-11-18-15-7-3-1-4-8-15)21-14-12-19-16-9-5-2-6-10-16/h1-10,22H,11-14H2. The molecule has 0 saturated heterocycles. The van der Waals surface area contributed by atoms with Gasteiger partial charge in [-0.05, 0) is 24.3 Å². The summed E-state index contributed by atoms with van der Waals surface area (Å²) in [6, 6.07) is 18.7. The zero-order chi connectivity index (χ0) is 15.5. The Labute approximate surface area is 130 Å². The molecule has 2 aromatic rings. The molecular formula is C16H19O5P. The van der Waals surface area contributed by atoms with Crippen LogP contribution in [0.15, 0.2) is 60.7 Å². The fourth-order valence-corrected chi connectivity index (χ4v) is 2.23. The molecule has 2 aromatic carbocycles. The van der Waals surface area contributed by atoms with Gasteiger partial charge in [-0.3, -0.25) is 4.57 Å². The smallest absolute Gasteiger partial charge is 0.319 e. The van der Waals surface area contributed by atoms with Crippen LogP contribution in [0, 0.1) is 0 Å². The van der Waals surface area contributed by atoms with Crippen molar-refractivity contribution in [2.75, 3.05) is 26.4 Å². The van der Waals surface area contributed by atoms with Crippen LogP contribution in [0.3, 0.4) is 0 Å². The van der Waals surface area contributed by atoms with Gasteiger partial charge in [0.1, 0.15) is 24.7 Å². The third-order valence-electron chi connectivity index (χ3n) is 2.63. The molecule has 2 rings (SSSR count). The van der Waals surface area contributed by atoms with Gasteiger partial charge in [0.25, 0.3) is 0 Å². The number of rotatable bonds is 10. The Hall–Kier alpha value is -1.81. The van der Waals surface area contributed by atoms with E-state index in [-0.39, 0.29) is 13.2 Å². The molecule has 0 unspecified atom stereocenters. The second kappa shape index (κ2) is 10.0. The average Bonchev–Trinajstić information content (AvgIpc) is 2.57. The van der Waals surface area contributed by atoms with Gasteiger partial charge in [-0.25, -0.2) is 0 Å². The van der Waals surface area contributed by atoms with Gasteiger partial charge in [-0.2, -0.15) is 0 Å². The van der Waals surface area contributed by atoms with Crippen molar-refractivity contribution in [3.8, 4) is 11.5 Å². The van der Waals surface area contributed by atoms with Crippen molar-refractivity contribution in [1.29, 1.82) is 0 Å². The Bertz CT molecular complexity index is 497. The largest absolute Gasteiger partial charge is 0.491 e. The topological polar surface area (TPSA) is 54.0 Å². The van der Waals surface area contributed by atoms with Gasteiger partial charge in [0.2, 0.25) is 0 Å². The molecule has 0 aliphatic rings. The molecule has 5 nitrogen and oxygen atoms in total. The summed E-state index contributed by atoms with van der Waals surface area (Å²) in [6.07, 6.45) is 0. The normalized spacial score (nSPS) is 10.6. The van der Waals surface area contributed by atoms with Crippen LogP contribution in [0.5, 0.6) is 11.5 Å². The van der Waals surface area contributed by atoms with E-state index in [4.69, 9.17) is 18.5 Å². The van der Waals surface area contributed by atoms with E-state index in [9.17, 15) is 4.57 Å². The van der Waals surface area contributed by atoms with E-state index in [2.05, 4.69) is 0 Å². The Balaban J connectivity index is 1.49. The molecule has 118 valence electrons. The molecule has 0 spiro atoms. The molecule has 0 bridgehead atoms. The lowest BCUT2D eigenvalue weighted by atomic mass is 10.3. The quantitative estimate of drug-likeness (QED) is 0.494. The van der Waals surface area contributed by atoms with Crippen molar-refractivity contribution >= 4 is 8.25 Å². The second-order valence-electron chi connectivity index (χ2n) is 4.27. The SMILES string of the molecule is O=[PH](OCCOc1ccccc1)OCCOc1ccccc1. The van der Waals surface area contributed by atoms with Crippen molar-refractivity contribution in [3.05, 3.63) is 60.7 Å². The maximum Gasteiger partial charge on any atom is 0.319 e. The molecular weight excluding hydrogens is 303 g/mol. The number of benzene rings is 2. The molecule has 0 N–H and O–H groups in total. The fraction of sp³-hybridized carbons (Fsp3) is 0.250. The Morgan fingerprint density at radius 3 is 1.45 bits per heavy atom. The number of hydrogen-bond donors (Lipinski definition) is 0. The summed E-state index contributed by atoms with van der Waals surface area (Å²) in [5.41, 5.74) is 0. The molecule has 0 aliphatic carbocycles. The van der Waals surface area contributed by atoms with Crippen LogP contribution >= 0.6 is 8.25 Å². The minimum Gasteiger partial charge on any atom is -0.491 e. The van der Waals surface area contributed by atoms with E-state index in [0.29, 0.717) is 13.2 Å². The fourth-order valence-electron chi connectivity index (χ4n) is 1.64. The zero-order valence-electron chi connectivity index (χ0n) is 12.1. The predicted octanol–water partition coefficient (Wildman–Crippen LogP) is 3.57. The molecule has 0 radical (unpaired) electrons. The monoisotopic (exact) mass is 322 g/mol. The van der Waals surface area contributed by atoms with Gasteiger partial charge < -0.3 is 18.5 Å². The summed E-state index contributed by atoms with van der Waals surface area (Å²) in [4.78, 5) is 0. The van der Waals surface area contributed by atoms with E-state index in [0.717, 1.165) is 11.5 Å². The molecule has 0 aromatic heterocycles. The summed E-state index contributed by atoms with van der Waals surface area (Å²) in [7, 11) is -2.51. The number of ether oxygens (including phenoxy) is 2. The molecule has 0 heterocycles. The van der Waals surface area contributed by atoms with Crippen LogP contribution in [0.4, 0.5) is 0 Å². The first kappa shape index (κ1) is 16.6. The van der Waals surface area contributed by atoms with Crippen LogP contribution < -0.4 is 9.47 Å². The molecule has 0 fully saturated rings. The van der Waals surface area contributed by atoms with Gasteiger partial charge in [-0.15, -0.1) is 0 Å². The lowest BCUT2D eigenvalue weighted by Gasteiger charge is -2.08. The van der Waals surface area contributed by atoms with Crippen molar-refractivity contribution in [2.45, 2.75) is 0 Å². The van der Waals surface area contributed by atoms with Crippen LogP contribution in [0.25, 0.3) is 0 Å². The van der Waals surface area contributed by atoms with Gasteiger partial charge in [0.15, 0.2) is 0 Å². The zero-order valence-corrected chi connectivity index (χ0v) is 13.1. The highest BCUT2D eigenvalue weighted by Crippen LogP contribution is 2.23. The van der Waals surface area contributed by atoms with Crippen LogP contribution in [0.1, 0.15) is 0 Å². The van der Waals surface area contributed by atoms with Crippen LogP contribution in [-0.4, -0.2) is 26.4 Å². The maximum absolute atomic E-state index is 11.5. The molecule has 6 heteroatoms. The summed E-state index contributed by atoms with van der Waals surface area (Å²) in [6.45, 7) is 1.08. The van der Waals surface area contributed by atoms with E-state index >= 15 is 0 Å². The minimum absolute atomic E-state index is 0.215. The summed E-state index contributed by atoms with van der Waals surface area (Å²) >= 11 is 0. The number of para-hydroxylation sites is 2. The van der Waals surface area contributed by atoms with Gasteiger partial charge in [-0.1, -0.05) is 36.4 Å². The van der Waals surface area contributed by atoms with Gasteiger partial charge >= 0.3 is 8.25 Å². The summed E-state index contributed by atoms with van der Waals surface area (Å²) in [5, 5.41) is 0. The maximum atomic E-state index is 11.5. The van der Waals surface area contributed by atoms with E-state index in [1.165, 1.54) is 0 Å². The van der Waals surface area contributed by atoms with Crippen molar-refractivity contribution in [3.63, 3.8) is 0 Å². The van der Waals surface area contributed by atoms with Crippen molar-refractivity contribution in [2.24, 2.45) is 0 Å². The Morgan fingerprint density at radius 2 is 1.05 bits per heavy atom. The molecule has 0 saturated carbocycles. The third-order valence-corrected chi connectivity index (χ3v) is 3.51. The molecule has 0 atom stereocenters. The van der Waals surface area contributed by atoms with E-state index in [1.54, 1.807) is 0 Å². The first-order valence-electron chi connectivity index (χ1n) is 7.00. The van der Waals surface area contributed by atoms with Crippen molar-refractivity contribution in [1.82, 2.24) is 0 Å². The van der Waals surface area contributed by atoms with Gasteiger partial charge in [0.05, 0.1) is 13.2 Å². The van der Waals surface area contributed by atoms with Crippen LogP contribution in [0.2, 0.25) is 0 Å². The number of hydrogen-bond acceptors (Lipinski definition) is 5. The Morgan fingerprint density at radius 1 is 0.636 bits per heavy atom. The van der Waals surface area contributed by atoms with Gasteiger partial charge in [0, 0.05) is 0 Å². The van der Waals surface area contributed by atoms with Crippen LogP contribution in [-0.2, 0) is 13.6 Å². The first-order valence-corrected chi connectivity index (χ1v) is 8.22. The lowest BCUT2D eigenvalue weighted by molar-refractivity contribution is 0.165. The lowest BCUT2D eigenvalue weighted by Crippen LogP contribution is -2.06. The minimum atomic E-state index is -2.51. The van der Waals surface area contributed by atoms with Crippen molar-refractivity contribution < 1.29 is 23.1 Å². The predicted molar refractivity (Wildman–Crippen MR) is 84.8 cm³/mol. The highest BCUT2D eigenvalue weighted by molar-refractivity contribution is 7.33. The highest BCUT2D eigenvalue weighted by atomic mass is 31.1. The molecule has 0 amide bonds. The Kier molecular flexibility index (Phi) is 7.53. The molecule has 0 aliphatic heterocycles. The molecule has 22 heavy (non-hydrogen) atoms. The third kappa shape index (κ3) is 6.76. The second-order valence-corrected chi connectivity index (χ2v) is 5.35. The summed E-state index contributed by atoms with van der Waals surface area (Å²) < 4.78 is 32.4. The van der Waals surface area contributed by atoms with E-state index in [1.807, 2.05) is 60.7 Å². The van der Waals surface area contributed by atoms with E-state index < -0.39 is 8.25 Å². The summed E-state index contributed by atoms with van der Waals surface area (Å²) in [5.74, 6) is 1.51. The average molecular weight is 322 g/mol.